The van der Waals surface area contributed by atoms with E-state index in [0.29, 0.717) is 0 Å². The number of benzene rings is 1. The third-order valence-corrected chi connectivity index (χ3v) is 3.19. The van der Waals surface area contributed by atoms with Crippen molar-refractivity contribution in [3.8, 4) is 0 Å². The van der Waals surface area contributed by atoms with Gasteiger partial charge in [-0.3, -0.25) is 4.90 Å². The van der Waals surface area contributed by atoms with E-state index in [9.17, 15) is 0 Å². The second-order valence-electron chi connectivity index (χ2n) is 4.71. The van der Waals surface area contributed by atoms with Crippen molar-refractivity contribution in [3.05, 3.63) is 35.9 Å². The predicted octanol–water partition coefficient (Wildman–Crippen LogP) is 2.06. The van der Waals surface area contributed by atoms with Gasteiger partial charge in [0.25, 0.3) is 0 Å². The van der Waals surface area contributed by atoms with E-state index in [1.165, 1.54) is 5.56 Å². The van der Waals surface area contributed by atoms with Crippen LogP contribution in [0.3, 0.4) is 0 Å². The minimum absolute atomic E-state index is 0.0273. The third-order valence-electron chi connectivity index (χ3n) is 3.19. The molecule has 114 valence electrons. The molecule has 1 aromatic carbocycles. The van der Waals surface area contributed by atoms with Crippen LogP contribution in [0.2, 0.25) is 0 Å². The van der Waals surface area contributed by atoms with Gasteiger partial charge in [-0.1, -0.05) is 30.3 Å². The maximum absolute atomic E-state index is 6.28. The molecule has 0 aliphatic rings. The van der Waals surface area contributed by atoms with Crippen LogP contribution in [-0.2, 0) is 9.47 Å². The Morgan fingerprint density at radius 1 is 1.00 bits per heavy atom. The minimum Gasteiger partial charge on any atom is -0.380 e. The van der Waals surface area contributed by atoms with Crippen LogP contribution in [0.5, 0.6) is 0 Å². The summed E-state index contributed by atoms with van der Waals surface area (Å²) in [5, 5.41) is 0. The van der Waals surface area contributed by atoms with E-state index in [1.54, 1.807) is 0 Å². The number of ether oxygens (including phenoxy) is 2. The van der Waals surface area contributed by atoms with E-state index < -0.39 is 0 Å². The van der Waals surface area contributed by atoms with Crippen LogP contribution in [0, 0.1) is 0 Å². The van der Waals surface area contributed by atoms with Gasteiger partial charge < -0.3 is 15.2 Å². The SMILES string of the molecule is CCOCCN(CCOCC)CC(N)c1ccccc1. The van der Waals surface area contributed by atoms with Gasteiger partial charge in [0, 0.05) is 38.9 Å². The Kier molecular flexibility index (Phi) is 9.24. The van der Waals surface area contributed by atoms with Gasteiger partial charge in [0.1, 0.15) is 0 Å². The van der Waals surface area contributed by atoms with Gasteiger partial charge in [-0.05, 0) is 19.4 Å². The first-order chi connectivity index (χ1) is 9.77. The lowest BCUT2D eigenvalue weighted by molar-refractivity contribution is 0.0803. The third kappa shape index (κ3) is 7.01. The molecule has 2 N–H and O–H groups in total. The molecule has 0 radical (unpaired) electrons. The van der Waals surface area contributed by atoms with Crippen LogP contribution < -0.4 is 5.73 Å². The highest BCUT2D eigenvalue weighted by atomic mass is 16.5. The molecule has 0 aliphatic carbocycles. The molecular weight excluding hydrogens is 252 g/mol. The smallest absolute Gasteiger partial charge is 0.0593 e. The molecule has 0 heterocycles. The normalized spacial score (nSPS) is 12.8. The van der Waals surface area contributed by atoms with Crippen molar-refractivity contribution in [1.82, 2.24) is 4.90 Å². The first kappa shape index (κ1) is 17.1. The summed E-state index contributed by atoms with van der Waals surface area (Å²) in [4.78, 5) is 2.31. The van der Waals surface area contributed by atoms with Crippen molar-refractivity contribution in [2.45, 2.75) is 19.9 Å². The topological polar surface area (TPSA) is 47.7 Å². The van der Waals surface area contributed by atoms with Crippen LogP contribution in [0.4, 0.5) is 0 Å². The molecule has 1 unspecified atom stereocenters. The summed E-state index contributed by atoms with van der Waals surface area (Å²) in [5.74, 6) is 0. The maximum atomic E-state index is 6.28. The van der Waals surface area contributed by atoms with Crippen molar-refractivity contribution in [2.24, 2.45) is 5.73 Å². The van der Waals surface area contributed by atoms with E-state index >= 15 is 0 Å². The molecule has 1 atom stereocenters. The second kappa shape index (κ2) is 10.8. The van der Waals surface area contributed by atoms with Gasteiger partial charge in [0.15, 0.2) is 0 Å². The van der Waals surface area contributed by atoms with Gasteiger partial charge >= 0.3 is 0 Å². The summed E-state index contributed by atoms with van der Waals surface area (Å²) in [6.07, 6.45) is 0. The highest BCUT2D eigenvalue weighted by Gasteiger charge is 2.12. The van der Waals surface area contributed by atoms with Gasteiger partial charge in [-0.15, -0.1) is 0 Å². The minimum atomic E-state index is 0.0273. The van der Waals surface area contributed by atoms with Crippen molar-refractivity contribution in [2.75, 3.05) is 46.1 Å². The second-order valence-corrected chi connectivity index (χ2v) is 4.71. The molecule has 1 aromatic rings. The van der Waals surface area contributed by atoms with E-state index in [2.05, 4.69) is 17.0 Å². The Bertz CT molecular complexity index is 323. The summed E-state index contributed by atoms with van der Waals surface area (Å²) in [7, 11) is 0. The summed E-state index contributed by atoms with van der Waals surface area (Å²) in [5.41, 5.74) is 7.45. The Labute approximate surface area is 122 Å². The molecule has 0 amide bonds. The summed E-state index contributed by atoms with van der Waals surface area (Å²) >= 11 is 0. The molecule has 0 saturated carbocycles. The van der Waals surface area contributed by atoms with Gasteiger partial charge in [-0.25, -0.2) is 0 Å². The van der Waals surface area contributed by atoms with Crippen molar-refractivity contribution < 1.29 is 9.47 Å². The standard InChI is InChI=1S/C16H28N2O2/c1-3-19-12-10-18(11-13-20-4-2)14-16(17)15-8-6-5-7-9-15/h5-9,16H,3-4,10-14,17H2,1-2H3. The van der Waals surface area contributed by atoms with Crippen molar-refractivity contribution >= 4 is 0 Å². The van der Waals surface area contributed by atoms with E-state index in [-0.39, 0.29) is 6.04 Å². The molecule has 0 aromatic heterocycles. The Hall–Kier alpha value is -0.940. The molecular formula is C16H28N2O2. The van der Waals surface area contributed by atoms with Gasteiger partial charge in [0.05, 0.1) is 13.2 Å². The van der Waals surface area contributed by atoms with E-state index in [4.69, 9.17) is 15.2 Å². The molecule has 1 rings (SSSR count). The molecule has 4 nitrogen and oxygen atoms in total. The predicted molar refractivity (Wildman–Crippen MR) is 82.8 cm³/mol. The van der Waals surface area contributed by atoms with E-state index in [0.717, 1.165) is 46.1 Å². The molecule has 0 fully saturated rings. The highest BCUT2D eigenvalue weighted by molar-refractivity contribution is 5.18. The summed E-state index contributed by atoms with van der Waals surface area (Å²) in [6.45, 7) is 9.62. The average Bonchev–Trinajstić information content (AvgIpc) is 2.48. The highest BCUT2D eigenvalue weighted by Crippen LogP contribution is 2.11. The van der Waals surface area contributed by atoms with Gasteiger partial charge in [-0.2, -0.15) is 0 Å². The van der Waals surface area contributed by atoms with Crippen LogP contribution in [0.1, 0.15) is 25.5 Å². The number of nitrogens with two attached hydrogens (primary N) is 1. The largest absolute Gasteiger partial charge is 0.380 e. The zero-order valence-electron chi connectivity index (χ0n) is 12.8. The lowest BCUT2D eigenvalue weighted by Crippen LogP contribution is -2.37. The summed E-state index contributed by atoms with van der Waals surface area (Å²) < 4.78 is 10.9. The average molecular weight is 280 g/mol. The van der Waals surface area contributed by atoms with Crippen LogP contribution in [-0.4, -0.2) is 51.0 Å². The molecule has 0 bridgehead atoms. The number of hydrogen-bond donors (Lipinski definition) is 1. The van der Waals surface area contributed by atoms with Crippen molar-refractivity contribution in [3.63, 3.8) is 0 Å². The lowest BCUT2D eigenvalue weighted by Gasteiger charge is -2.25. The van der Waals surface area contributed by atoms with Crippen LogP contribution >= 0.6 is 0 Å². The van der Waals surface area contributed by atoms with E-state index in [1.807, 2.05) is 32.0 Å². The Morgan fingerprint density at radius 3 is 2.05 bits per heavy atom. The van der Waals surface area contributed by atoms with Crippen molar-refractivity contribution in [1.29, 1.82) is 0 Å². The fraction of sp³-hybridized carbons (Fsp3) is 0.625. The number of rotatable bonds is 11. The first-order valence-corrected chi connectivity index (χ1v) is 7.46. The fourth-order valence-electron chi connectivity index (χ4n) is 2.05. The van der Waals surface area contributed by atoms with Crippen LogP contribution in [0.15, 0.2) is 30.3 Å². The summed E-state index contributed by atoms with van der Waals surface area (Å²) in [6, 6.07) is 10.2. The van der Waals surface area contributed by atoms with Gasteiger partial charge in [0.2, 0.25) is 0 Å². The monoisotopic (exact) mass is 280 g/mol. The Balaban J connectivity index is 2.44. The zero-order chi connectivity index (χ0) is 14.6. The molecule has 4 heteroatoms. The quantitative estimate of drug-likeness (QED) is 0.630. The zero-order valence-corrected chi connectivity index (χ0v) is 12.8. The number of hydrogen-bond acceptors (Lipinski definition) is 4. The first-order valence-electron chi connectivity index (χ1n) is 7.46. The molecule has 20 heavy (non-hydrogen) atoms. The fourth-order valence-corrected chi connectivity index (χ4v) is 2.05. The van der Waals surface area contributed by atoms with Crippen LogP contribution in [0.25, 0.3) is 0 Å². The maximum Gasteiger partial charge on any atom is 0.0593 e. The molecule has 0 aliphatic heterocycles. The Morgan fingerprint density at radius 2 is 1.55 bits per heavy atom. The molecule has 0 saturated heterocycles. The lowest BCUT2D eigenvalue weighted by atomic mass is 10.1. The molecule has 0 spiro atoms. The number of nitrogens with zero attached hydrogens (tertiary/aromatic N) is 1.